The summed E-state index contributed by atoms with van der Waals surface area (Å²) in [5.41, 5.74) is 4.47. The monoisotopic (exact) mass is 496 g/mol. The Bertz CT molecular complexity index is 1490. The molecule has 0 spiro atoms. The molecule has 4 aromatic carbocycles. The topological polar surface area (TPSA) is 87.7 Å². The maximum Gasteiger partial charge on any atom is 0.336 e. The summed E-state index contributed by atoms with van der Waals surface area (Å²) < 4.78 is 20.5. The molecular formula is C30H25FN2O4. The Kier molecular flexibility index (Phi) is 6.36. The minimum atomic E-state index is -1.17. The Labute approximate surface area is 213 Å². The number of hydrogen-bond donors (Lipinski definition) is 3. The van der Waals surface area contributed by atoms with Crippen LogP contribution in [0.3, 0.4) is 0 Å². The molecule has 2 amide bonds. The number of aryl methyl sites for hydroxylation is 1. The van der Waals surface area contributed by atoms with Gasteiger partial charge in [-0.1, -0.05) is 48.0 Å². The molecule has 0 fully saturated rings. The maximum atomic E-state index is 14.3. The summed E-state index contributed by atoms with van der Waals surface area (Å²) in [7, 11) is 0. The van der Waals surface area contributed by atoms with Gasteiger partial charge in [-0.15, -0.1) is 0 Å². The van der Waals surface area contributed by atoms with Gasteiger partial charge in [-0.3, -0.25) is 0 Å². The first kappa shape index (κ1) is 24.1. The van der Waals surface area contributed by atoms with Crippen molar-refractivity contribution in [3.63, 3.8) is 0 Å². The first-order chi connectivity index (χ1) is 17.8. The molecule has 37 heavy (non-hydrogen) atoms. The lowest BCUT2D eigenvalue weighted by atomic mass is 9.86. The molecule has 0 bridgehead atoms. The number of aromatic carboxylic acids is 1. The van der Waals surface area contributed by atoms with Gasteiger partial charge in [0.1, 0.15) is 17.7 Å². The molecule has 0 saturated heterocycles. The molecule has 4 aromatic rings. The van der Waals surface area contributed by atoms with Crippen molar-refractivity contribution >= 4 is 23.4 Å². The highest BCUT2D eigenvalue weighted by atomic mass is 19.1. The third kappa shape index (κ3) is 4.89. The number of amides is 2. The third-order valence-corrected chi connectivity index (χ3v) is 6.47. The highest BCUT2D eigenvalue weighted by Gasteiger charge is 2.35. The molecule has 2 atom stereocenters. The summed E-state index contributed by atoms with van der Waals surface area (Å²) >= 11 is 0. The van der Waals surface area contributed by atoms with Gasteiger partial charge in [0.2, 0.25) is 0 Å². The fourth-order valence-electron chi connectivity index (χ4n) is 4.74. The fraction of sp³-hybridized carbons (Fsp3) is 0.133. The summed E-state index contributed by atoms with van der Waals surface area (Å²) in [6.45, 7) is 3.90. The molecule has 7 heteroatoms. The molecule has 0 radical (unpaired) electrons. The molecule has 5 rings (SSSR count). The van der Waals surface area contributed by atoms with E-state index in [4.69, 9.17) is 4.74 Å². The van der Waals surface area contributed by atoms with Crippen LogP contribution in [0.25, 0.3) is 11.1 Å². The van der Waals surface area contributed by atoms with Crippen LogP contribution in [-0.2, 0) is 0 Å². The predicted molar refractivity (Wildman–Crippen MR) is 141 cm³/mol. The lowest BCUT2D eigenvalue weighted by Crippen LogP contribution is -2.20. The summed E-state index contributed by atoms with van der Waals surface area (Å²) in [5, 5.41) is 15.4. The SMILES string of the molecule is Cc1ccc(NC(=O)Nc2cc(-c3cc(F)ccc3C(=O)O)cc3c2O[C@H](C)[C@@H]3c2ccccc2)cc1. The Hall–Kier alpha value is -4.65. The van der Waals surface area contributed by atoms with E-state index in [0.29, 0.717) is 22.7 Å². The van der Waals surface area contributed by atoms with Crippen LogP contribution in [0.4, 0.5) is 20.6 Å². The summed E-state index contributed by atoms with van der Waals surface area (Å²) in [5.74, 6) is -1.40. The smallest absolute Gasteiger partial charge is 0.336 e. The maximum absolute atomic E-state index is 14.3. The molecular weight excluding hydrogens is 471 g/mol. The van der Waals surface area contributed by atoms with E-state index >= 15 is 0 Å². The number of carbonyl (C=O) groups is 2. The standard InChI is InChI=1S/C30H25FN2O4/c1-17-8-11-22(12-9-17)32-30(36)33-26-15-20(24-16-21(31)10-13-23(24)29(34)35)14-25-27(18(2)37-28(25)26)19-6-4-3-5-7-19/h3-16,18,27H,1-2H3,(H,34,35)(H2,32,33,36)/t18-,27-/m1/s1. The van der Waals surface area contributed by atoms with Crippen LogP contribution >= 0.6 is 0 Å². The van der Waals surface area contributed by atoms with Gasteiger partial charge in [0.15, 0.2) is 0 Å². The van der Waals surface area contributed by atoms with Gasteiger partial charge in [0.05, 0.1) is 11.3 Å². The van der Waals surface area contributed by atoms with Crippen molar-refractivity contribution in [1.29, 1.82) is 0 Å². The van der Waals surface area contributed by atoms with Crippen LogP contribution in [-0.4, -0.2) is 23.2 Å². The van der Waals surface area contributed by atoms with E-state index in [2.05, 4.69) is 10.6 Å². The van der Waals surface area contributed by atoms with Crippen LogP contribution in [0, 0.1) is 12.7 Å². The number of fused-ring (bicyclic) bond motifs is 1. The van der Waals surface area contributed by atoms with Crippen molar-refractivity contribution in [2.45, 2.75) is 25.9 Å². The average molecular weight is 497 g/mol. The van der Waals surface area contributed by atoms with Crippen LogP contribution < -0.4 is 15.4 Å². The normalized spacial score (nSPS) is 16.0. The number of hydrogen-bond acceptors (Lipinski definition) is 3. The summed E-state index contributed by atoms with van der Waals surface area (Å²) in [6, 6.07) is 23.7. The second-order valence-electron chi connectivity index (χ2n) is 9.09. The van der Waals surface area contributed by atoms with Gasteiger partial charge in [-0.05, 0) is 73.0 Å². The van der Waals surface area contributed by atoms with Crippen LogP contribution in [0.2, 0.25) is 0 Å². The number of halogens is 1. The number of anilines is 2. The molecule has 0 aliphatic carbocycles. The van der Waals surface area contributed by atoms with E-state index in [-0.39, 0.29) is 23.1 Å². The fourth-order valence-corrected chi connectivity index (χ4v) is 4.74. The summed E-state index contributed by atoms with van der Waals surface area (Å²) in [6.07, 6.45) is -0.250. The zero-order chi connectivity index (χ0) is 26.1. The lowest BCUT2D eigenvalue weighted by molar-refractivity contribution is 0.0697. The number of carbonyl (C=O) groups excluding carboxylic acids is 1. The number of urea groups is 1. The number of ether oxygens (including phenoxy) is 1. The quantitative estimate of drug-likeness (QED) is 0.276. The number of carboxylic acid groups (broad SMARTS) is 1. The van der Waals surface area contributed by atoms with Crippen molar-refractivity contribution < 1.29 is 23.8 Å². The molecule has 6 nitrogen and oxygen atoms in total. The number of benzene rings is 4. The van der Waals surface area contributed by atoms with E-state index in [0.717, 1.165) is 22.8 Å². The highest BCUT2D eigenvalue weighted by Crippen LogP contribution is 2.48. The van der Waals surface area contributed by atoms with E-state index < -0.39 is 17.8 Å². The van der Waals surface area contributed by atoms with E-state index in [1.165, 1.54) is 12.1 Å². The van der Waals surface area contributed by atoms with Crippen molar-refractivity contribution in [1.82, 2.24) is 0 Å². The van der Waals surface area contributed by atoms with Crippen LogP contribution in [0.5, 0.6) is 5.75 Å². The van der Waals surface area contributed by atoms with E-state index in [1.54, 1.807) is 18.2 Å². The van der Waals surface area contributed by atoms with E-state index in [1.807, 2.05) is 62.4 Å². The molecule has 1 heterocycles. The first-order valence-electron chi connectivity index (χ1n) is 11.9. The first-order valence-corrected chi connectivity index (χ1v) is 11.9. The third-order valence-electron chi connectivity index (χ3n) is 6.47. The second-order valence-corrected chi connectivity index (χ2v) is 9.09. The van der Waals surface area contributed by atoms with Gasteiger partial charge in [-0.2, -0.15) is 0 Å². The minimum absolute atomic E-state index is 0.0420. The number of rotatable bonds is 5. The molecule has 0 saturated carbocycles. The Morgan fingerprint density at radius 1 is 0.919 bits per heavy atom. The minimum Gasteiger partial charge on any atom is -0.487 e. The molecule has 1 aliphatic heterocycles. The molecule has 186 valence electrons. The zero-order valence-corrected chi connectivity index (χ0v) is 20.3. The predicted octanol–water partition coefficient (Wildman–Crippen LogP) is 7.06. The lowest BCUT2D eigenvalue weighted by Gasteiger charge is -2.16. The molecule has 0 aromatic heterocycles. The van der Waals surface area contributed by atoms with Crippen molar-refractivity contribution in [3.05, 3.63) is 113 Å². The Morgan fingerprint density at radius 3 is 2.35 bits per heavy atom. The number of nitrogens with one attached hydrogen (secondary N) is 2. The van der Waals surface area contributed by atoms with Crippen LogP contribution in [0.1, 0.15) is 39.9 Å². The Balaban J connectivity index is 1.62. The highest BCUT2D eigenvalue weighted by molar-refractivity contribution is 6.02. The molecule has 3 N–H and O–H groups in total. The molecule has 0 unspecified atom stereocenters. The van der Waals surface area contributed by atoms with Gasteiger partial charge >= 0.3 is 12.0 Å². The number of carboxylic acids is 1. The second kappa shape index (κ2) is 9.78. The largest absolute Gasteiger partial charge is 0.487 e. The van der Waals surface area contributed by atoms with E-state index in [9.17, 15) is 19.1 Å². The van der Waals surface area contributed by atoms with Crippen molar-refractivity contribution in [2.75, 3.05) is 10.6 Å². The molecule has 1 aliphatic rings. The van der Waals surface area contributed by atoms with Gasteiger partial charge in [0, 0.05) is 17.2 Å². The van der Waals surface area contributed by atoms with Gasteiger partial charge in [0.25, 0.3) is 0 Å². The zero-order valence-electron chi connectivity index (χ0n) is 20.3. The van der Waals surface area contributed by atoms with Crippen molar-refractivity contribution in [2.24, 2.45) is 0 Å². The van der Waals surface area contributed by atoms with Gasteiger partial charge < -0.3 is 20.5 Å². The van der Waals surface area contributed by atoms with Crippen LogP contribution in [0.15, 0.2) is 84.9 Å². The van der Waals surface area contributed by atoms with Crippen molar-refractivity contribution in [3.8, 4) is 16.9 Å². The average Bonchev–Trinajstić information content (AvgIpc) is 3.21. The Morgan fingerprint density at radius 2 is 1.65 bits per heavy atom. The van der Waals surface area contributed by atoms with Gasteiger partial charge in [-0.25, -0.2) is 14.0 Å². The summed E-state index contributed by atoms with van der Waals surface area (Å²) in [4.78, 5) is 24.9.